The van der Waals surface area contributed by atoms with Gasteiger partial charge in [0.15, 0.2) is 5.65 Å². The van der Waals surface area contributed by atoms with Crippen molar-refractivity contribution in [2.24, 2.45) is 11.8 Å². The fourth-order valence-electron chi connectivity index (χ4n) is 4.80. The SMILES string of the molecule is CNc1cc(Nc2cccn([C@H]3C4COC[C@@H]43)c2=O)nc2c(C(=O)N[C@H]3C[C@@H]3OC)cnn12. The number of methoxy groups -OCH3 is 1. The van der Waals surface area contributed by atoms with Crippen molar-refractivity contribution in [1.29, 1.82) is 0 Å². The fraction of sp³-hybridized carbons (Fsp3) is 0.455. The van der Waals surface area contributed by atoms with Crippen molar-refractivity contribution in [2.75, 3.05) is 38.0 Å². The molecule has 4 heterocycles. The Balaban J connectivity index is 1.31. The molecule has 11 nitrogen and oxygen atoms in total. The molecule has 0 aromatic carbocycles. The summed E-state index contributed by atoms with van der Waals surface area (Å²) in [6.07, 6.45) is 4.16. The van der Waals surface area contributed by atoms with Crippen LogP contribution in [0.2, 0.25) is 0 Å². The van der Waals surface area contributed by atoms with E-state index in [1.54, 1.807) is 35.4 Å². The van der Waals surface area contributed by atoms with Gasteiger partial charge in [-0.2, -0.15) is 9.61 Å². The van der Waals surface area contributed by atoms with Crippen molar-refractivity contribution < 1.29 is 14.3 Å². The maximum atomic E-state index is 13.1. The molecular formula is C22H25N7O4. The lowest BCUT2D eigenvalue weighted by Crippen LogP contribution is -2.28. The highest BCUT2D eigenvalue weighted by Gasteiger charge is 2.55. The van der Waals surface area contributed by atoms with E-state index in [1.165, 1.54) is 6.20 Å². The van der Waals surface area contributed by atoms with Gasteiger partial charge in [-0.25, -0.2) is 4.98 Å². The van der Waals surface area contributed by atoms with E-state index >= 15 is 0 Å². The lowest BCUT2D eigenvalue weighted by atomic mass is 10.3. The molecule has 3 aromatic heterocycles. The van der Waals surface area contributed by atoms with Gasteiger partial charge in [0, 0.05) is 44.3 Å². The third kappa shape index (κ3) is 3.35. The van der Waals surface area contributed by atoms with E-state index in [0.717, 1.165) is 6.42 Å². The molecule has 6 rings (SSSR count). The largest absolute Gasteiger partial charge is 0.381 e. The molecule has 2 saturated carbocycles. The molecule has 1 amide bonds. The lowest BCUT2D eigenvalue weighted by Gasteiger charge is -2.13. The van der Waals surface area contributed by atoms with E-state index < -0.39 is 0 Å². The minimum atomic E-state index is -0.259. The second kappa shape index (κ2) is 7.56. The number of rotatable bonds is 7. The van der Waals surface area contributed by atoms with Crippen molar-refractivity contribution >= 4 is 28.9 Å². The van der Waals surface area contributed by atoms with Gasteiger partial charge in [0.2, 0.25) is 0 Å². The van der Waals surface area contributed by atoms with Gasteiger partial charge in [0.05, 0.1) is 31.6 Å². The first-order chi connectivity index (χ1) is 16.1. The van der Waals surface area contributed by atoms with Gasteiger partial charge >= 0.3 is 0 Å². The monoisotopic (exact) mass is 451 g/mol. The first-order valence-corrected chi connectivity index (χ1v) is 11.0. The Bertz CT molecular complexity index is 1290. The van der Waals surface area contributed by atoms with Crippen LogP contribution in [0.3, 0.4) is 0 Å². The molecule has 0 radical (unpaired) electrons. The van der Waals surface area contributed by atoms with E-state index in [9.17, 15) is 9.59 Å². The van der Waals surface area contributed by atoms with Crippen molar-refractivity contribution in [3.63, 3.8) is 0 Å². The molecule has 3 fully saturated rings. The van der Waals surface area contributed by atoms with E-state index in [-0.39, 0.29) is 29.7 Å². The van der Waals surface area contributed by atoms with Crippen molar-refractivity contribution in [3.8, 4) is 0 Å². The zero-order valence-corrected chi connectivity index (χ0v) is 18.3. The topological polar surface area (TPSA) is 124 Å². The van der Waals surface area contributed by atoms with Crippen molar-refractivity contribution in [1.82, 2.24) is 24.5 Å². The van der Waals surface area contributed by atoms with Gasteiger partial charge < -0.3 is 30.0 Å². The number of anilines is 3. The van der Waals surface area contributed by atoms with Crippen LogP contribution in [-0.4, -0.2) is 64.6 Å². The molecule has 1 saturated heterocycles. The second-order valence-electron chi connectivity index (χ2n) is 8.78. The van der Waals surface area contributed by atoms with Crippen LogP contribution < -0.4 is 21.5 Å². The van der Waals surface area contributed by atoms with Gasteiger partial charge in [0.25, 0.3) is 11.5 Å². The van der Waals surface area contributed by atoms with Crippen LogP contribution in [0.4, 0.5) is 17.3 Å². The quantitative estimate of drug-likeness (QED) is 0.486. The van der Waals surface area contributed by atoms with E-state index in [1.807, 2.05) is 12.3 Å². The molecule has 0 spiro atoms. The third-order valence-electron chi connectivity index (χ3n) is 6.79. The Morgan fingerprint density at radius 3 is 2.85 bits per heavy atom. The first kappa shape index (κ1) is 20.2. The van der Waals surface area contributed by atoms with Crippen LogP contribution in [0.5, 0.6) is 0 Å². The van der Waals surface area contributed by atoms with Gasteiger partial charge in [0.1, 0.15) is 22.9 Å². The summed E-state index contributed by atoms with van der Waals surface area (Å²) in [5, 5.41) is 13.5. The molecular weight excluding hydrogens is 426 g/mol. The normalized spacial score (nSPS) is 27.3. The Morgan fingerprint density at radius 2 is 2.12 bits per heavy atom. The molecule has 1 unspecified atom stereocenters. The number of hydrogen-bond acceptors (Lipinski definition) is 8. The number of nitrogens with zero attached hydrogens (tertiary/aromatic N) is 4. The van der Waals surface area contributed by atoms with Gasteiger partial charge in [-0.3, -0.25) is 9.59 Å². The summed E-state index contributed by atoms with van der Waals surface area (Å²) >= 11 is 0. The minimum Gasteiger partial charge on any atom is -0.381 e. The number of carbonyl (C=O) groups excluding carboxylic acids is 1. The highest BCUT2D eigenvalue weighted by atomic mass is 16.5. The maximum absolute atomic E-state index is 13.1. The van der Waals surface area contributed by atoms with E-state index in [2.05, 4.69) is 26.0 Å². The van der Waals surface area contributed by atoms with E-state index in [4.69, 9.17) is 9.47 Å². The Labute approximate surface area is 189 Å². The van der Waals surface area contributed by atoms with Crippen LogP contribution >= 0.6 is 0 Å². The molecule has 0 bridgehead atoms. The molecule has 11 heteroatoms. The average molecular weight is 451 g/mol. The summed E-state index contributed by atoms with van der Waals surface area (Å²) in [6.45, 7) is 1.42. The zero-order valence-electron chi connectivity index (χ0n) is 18.3. The summed E-state index contributed by atoms with van der Waals surface area (Å²) in [4.78, 5) is 30.6. The van der Waals surface area contributed by atoms with Crippen LogP contribution in [0.1, 0.15) is 22.8 Å². The van der Waals surface area contributed by atoms with Crippen LogP contribution in [0.25, 0.3) is 5.65 Å². The number of pyridine rings is 1. The Hall–Kier alpha value is -3.44. The molecule has 1 aliphatic heterocycles. The maximum Gasteiger partial charge on any atom is 0.274 e. The number of hydrogen-bond donors (Lipinski definition) is 3. The van der Waals surface area contributed by atoms with Crippen molar-refractivity contribution in [3.05, 3.63) is 46.5 Å². The number of carbonyl (C=O) groups is 1. The van der Waals surface area contributed by atoms with Gasteiger partial charge in [-0.05, 0) is 18.6 Å². The smallest absolute Gasteiger partial charge is 0.274 e. The predicted octanol–water partition coefficient (Wildman–Crippen LogP) is 1.01. The van der Waals surface area contributed by atoms with Gasteiger partial charge in [-0.1, -0.05) is 0 Å². The van der Waals surface area contributed by atoms with Crippen LogP contribution in [0.15, 0.2) is 35.4 Å². The molecule has 3 aliphatic rings. The zero-order chi connectivity index (χ0) is 22.7. The Morgan fingerprint density at radius 1 is 1.30 bits per heavy atom. The molecule has 172 valence electrons. The first-order valence-electron chi connectivity index (χ1n) is 11.0. The average Bonchev–Trinajstić information content (AvgIpc) is 3.58. The highest BCUT2D eigenvalue weighted by molar-refractivity contribution is 6.00. The molecule has 3 N–H and O–H groups in total. The second-order valence-corrected chi connectivity index (χ2v) is 8.78. The minimum absolute atomic E-state index is 0.00219. The summed E-state index contributed by atoms with van der Waals surface area (Å²) in [6, 6.07) is 5.54. The summed E-state index contributed by atoms with van der Waals surface area (Å²) < 4.78 is 14.1. The summed E-state index contributed by atoms with van der Waals surface area (Å²) in [7, 11) is 3.39. The standard InChI is InChI=1S/C22H25N7O4/c1-23-18-7-17(25-14-4-3-5-28(22(14)31)19-12-9-33-10-13(12)19)27-20-11(8-24-29(18)20)21(30)26-15-6-16(15)32-2/h3-5,7-8,12-13,15-16,19,23H,6,9-10H2,1-2H3,(H,25,27)(H,26,30)/t12-,13?,15-,16-,19+/m0/s1. The molecule has 5 atom stereocenters. The third-order valence-corrected chi connectivity index (χ3v) is 6.79. The number of nitrogens with one attached hydrogen (secondary N) is 3. The fourth-order valence-corrected chi connectivity index (χ4v) is 4.80. The van der Waals surface area contributed by atoms with Gasteiger partial charge in [-0.15, -0.1) is 0 Å². The molecule has 33 heavy (non-hydrogen) atoms. The van der Waals surface area contributed by atoms with E-state index in [0.29, 0.717) is 53.6 Å². The Kier molecular flexibility index (Phi) is 4.63. The summed E-state index contributed by atoms with van der Waals surface area (Å²) in [5.41, 5.74) is 1.07. The van der Waals surface area contributed by atoms with Crippen LogP contribution in [0, 0.1) is 11.8 Å². The number of aromatic nitrogens is 4. The predicted molar refractivity (Wildman–Crippen MR) is 120 cm³/mol. The highest BCUT2D eigenvalue weighted by Crippen LogP contribution is 2.53. The molecule has 3 aromatic rings. The number of amides is 1. The summed E-state index contributed by atoms with van der Waals surface area (Å²) in [5.74, 6) is 1.65. The number of fused-ring (bicyclic) bond motifs is 2. The van der Waals surface area contributed by atoms with Crippen LogP contribution in [-0.2, 0) is 9.47 Å². The number of ether oxygens (including phenoxy) is 2. The van der Waals surface area contributed by atoms with Crippen molar-refractivity contribution in [2.45, 2.75) is 24.6 Å². The lowest BCUT2D eigenvalue weighted by molar-refractivity contribution is 0.0936. The molecule has 2 aliphatic carbocycles.